The number of piperazine rings is 1. The molecular weight excluding hydrogens is 132 g/mol. The minimum Gasteiger partial charge on any atom is -0.785 e. The highest BCUT2D eigenvalue weighted by atomic mass is 16.6. The number of hydroxylamine groups is 5. The Morgan fingerprint density at radius 3 is 2.30 bits per heavy atom. The summed E-state index contributed by atoms with van der Waals surface area (Å²) in [5, 5.41) is 23.0. The Kier molecular flexibility index (Phi) is 2.25. The predicted molar refractivity (Wildman–Crippen MR) is 38.8 cm³/mol. The molecule has 0 saturated carbocycles. The van der Waals surface area contributed by atoms with E-state index in [1.807, 2.05) is 6.92 Å². The van der Waals surface area contributed by atoms with Crippen LogP contribution in [-0.4, -0.2) is 42.4 Å². The summed E-state index contributed by atoms with van der Waals surface area (Å²) in [6, 6.07) is 0. The van der Waals surface area contributed by atoms with Gasteiger partial charge in [-0.1, -0.05) is 0 Å². The maximum atomic E-state index is 11.4. The molecule has 0 aromatic rings. The van der Waals surface area contributed by atoms with Crippen LogP contribution in [-0.2, 0) is 0 Å². The third-order valence-corrected chi connectivity index (χ3v) is 2.09. The molecule has 0 aromatic carbocycles. The van der Waals surface area contributed by atoms with Crippen molar-refractivity contribution in [3.05, 3.63) is 10.4 Å². The monoisotopic (exact) mass is 145 g/mol. The van der Waals surface area contributed by atoms with Gasteiger partial charge in [-0.2, -0.15) is 0 Å². The van der Waals surface area contributed by atoms with E-state index in [0.29, 0.717) is 32.7 Å². The van der Waals surface area contributed by atoms with Gasteiger partial charge in [-0.25, -0.2) is 0 Å². The van der Waals surface area contributed by atoms with Gasteiger partial charge in [0.15, 0.2) is 0 Å². The highest BCUT2D eigenvalue weighted by molar-refractivity contribution is 4.63. The van der Waals surface area contributed by atoms with E-state index in [1.165, 1.54) is 0 Å². The molecule has 4 heteroatoms. The van der Waals surface area contributed by atoms with E-state index >= 15 is 0 Å². The van der Waals surface area contributed by atoms with Gasteiger partial charge >= 0.3 is 0 Å². The van der Waals surface area contributed by atoms with Gasteiger partial charge in [-0.3, -0.25) is 0 Å². The highest BCUT2D eigenvalue weighted by Crippen LogP contribution is 2.08. The van der Waals surface area contributed by atoms with Crippen molar-refractivity contribution in [3.8, 4) is 0 Å². The molecule has 0 atom stereocenters. The van der Waals surface area contributed by atoms with Crippen LogP contribution in [0.25, 0.3) is 0 Å². The van der Waals surface area contributed by atoms with Crippen LogP contribution in [0.15, 0.2) is 0 Å². The smallest absolute Gasteiger partial charge is 0.0904 e. The molecule has 0 aliphatic carbocycles. The molecule has 10 heavy (non-hydrogen) atoms. The normalized spacial score (nSPS) is 26.7. The molecule has 1 aliphatic heterocycles. The molecule has 1 aliphatic rings. The second-order valence-electron chi connectivity index (χ2n) is 2.75. The van der Waals surface area contributed by atoms with E-state index in [9.17, 15) is 10.4 Å². The molecule has 0 bridgehead atoms. The zero-order valence-corrected chi connectivity index (χ0v) is 6.25. The van der Waals surface area contributed by atoms with Gasteiger partial charge in [0.05, 0.1) is 19.6 Å². The Morgan fingerprint density at radius 2 is 1.90 bits per heavy atom. The van der Waals surface area contributed by atoms with Gasteiger partial charge in [0.1, 0.15) is 0 Å². The van der Waals surface area contributed by atoms with Gasteiger partial charge in [-0.05, 0) is 6.92 Å². The fraction of sp³-hybridized carbons (Fsp3) is 1.00. The van der Waals surface area contributed by atoms with E-state index in [-0.39, 0.29) is 4.65 Å². The molecule has 0 radical (unpaired) electrons. The summed E-state index contributed by atoms with van der Waals surface area (Å²) in [7, 11) is 0. The number of hydrogen-bond donors (Lipinski definition) is 0. The lowest BCUT2D eigenvalue weighted by Crippen LogP contribution is -2.54. The van der Waals surface area contributed by atoms with Crippen molar-refractivity contribution in [3.63, 3.8) is 0 Å². The highest BCUT2D eigenvalue weighted by Gasteiger charge is 2.18. The first-order valence-corrected chi connectivity index (χ1v) is 3.65. The van der Waals surface area contributed by atoms with Crippen molar-refractivity contribution in [1.29, 1.82) is 0 Å². The second kappa shape index (κ2) is 2.84. The van der Waals surface area contributed by atoms with Crippen LogP contribution in [0.4, 0.5) is 0 Å². The molecule has 1 saturated heterocycles. The Bertz CT molecular complexity index is 110. The van der Waals surface area contributed by atoms with E-state index in [4.69, 9.17) is 0 Å². The molecule has 0 N–H and O–H groups in total. The third kappa shape index (κ3) is 1.67. The lowest BCUT2D eigenvalue weighted by Gasteiger charge is -2.49. The van der Waals surface area contributed by atoms with Gasteiger partial charge in [0.25, 0.3) is 0 Å². The molecule has 0 spiro atoms. The van der Waals surface area contributed by atoms with Crippen molar-refractivity contribution < 1.29 is 4.65 Å². The van der Waals surface area contributed by atoms with Crippen molar-refractivity contribution in [2.24, 2.45) is 0 Å². The maximum absolute atomic E-state index is 11.4. The lowest BCUT2D eigenvalue weighted by molar-refractivity contribution is -0.882. The summed E-state index contributed by atoms with van der Waals surface area (Å²) < 4.78 is -0.182. The summed E-state index contributed by atoms with van der Waals surface area (Å²) in [4.78, 5) is 0. The molecule has 60 valence electrons. The van der Waals surface area contributed by atoms with Crippen LogP contribution in [0.3, 0.4) is 0 Å². The van der Waals surface area contributed by atoms with Crippen molar-refractivity contribution in [2.75, 3.05) is 32.7 Å². The zero-order valence-electron chi connectivity index (χ0n) is 6.25. The first kappa shape index (κ1) is 7.94. The third-order valence-electron chi connectivity index (χ3n) is 2.09. The van der Waals surface area contributed by atoms with E-state index in [2.05, 4.69) is 0 Å². The van der Waals surface area contributed by atoms with E-state index in [1.54, 1.807) is 0 Å². The van der Waals surface area contributed by atoms with Crippen LogP contribution in [0, 0.1) is 10.4 Å². The topological polar surface area (TPSA) is 49.4 Å². The summed E-state index contributed by atoms with van der Waals surface area (Å²) >= 11 is 0. The lowest BCUT2D eigenvalue weighted by atomic mass is 10.3. The van der Waals surface area contributed by atoms with Crippen LogP contribution in [0.5, 0.6) is 0 Å². The predicted octanol–water partition coefficient (Wildman–Crippen LogP) is 0.134. The second-order valence-corrected chi connectivity index (χ2v) is 2.75. The first-order chi connectivity index (χ1) is 4.66. The molecular formula is C6H13N2O2-. The van der Waals surface area contributed by atoms with Gasteiger partial charge in [0.2, 0.25) is 0 Å². The van der Waals surface area contributed by atoms with E-state index < -0.39 is 0 Å². The summed E-state index contributed by atoms with van der Waals surface area (Å²) in [5.74, 6) is 0. The molecule has 0 amide bonds. The number of hydrogen-bond acceptors (Lipinski definition) is 3. The summed E-state index contributed by atoms with van der Waals surface area (Å²) in [6.07, 6.45) is 0. The fourth-order valence-corrected chi connectivity index (χ4v) is 1.13. The maximum Gasteiger partial charge on any atom is 0.0904 e. The Labute approximate surface area is 60.8 Å². The van der Waals surface area contributed by atoms with Gasteiger partial charge in [0, 0.05) is 13.1 Å². The Morgan fingerprint density at radius 1 is 1.40 bits per heavy atom. The Hall–Kier alpha value is -0.160. The van der Waals surface area contributed by atoms with Gasteiger partial charge in [-0.15, -0.1) is 0 Å². The molecule has 1 heterocycles. The largest absolute Gasteiger partial charge is 0.785 e. The quantitative estimate of drug-likeness (QED) is 0.389. The number of rotatable bonds is 1. The molecule has 1 fully saturated rings. The van der Waals surface area contributed by atoms with Crippen LogP contribution in [0.2, 0.25) is 0 Å². The molecule has 0 aromatic heterocycles. The van der Waals surface area contributed by atoms with Crippen molar-refractivity contribution >= 4 is 0 Å². The Balaban J connectivity index is 2.38. The summed E-state index contributed by atoms with van der Waals surface area (Å²) in [6.45, 7) is 4.18. The SMILES string of the molecule is CC[N+]1([O-])CCN([O-])CC1. The van der Waals surface area contributed by atoms with Crippen LogP contribution < -0.4 is 0 Å². The zero-order chi connectivity index (χ0) is 7.61. The number of nitrogens with zero attached hydrogens (tertiary/aromatic N) is 2. The average Bonchev–Trinajstić information content (AvgIpc) is 1.96. The van der Waals surface area contributed by atoms with Crippen LogP contribution >= 0.6 is 0 Å². The van der Waals surface area contributed by atoms with E-state index in [0.717, 1.165) is 5.06 Å². The standard InChI is InChI=1S/C6H13N2O2/c1-2-8(10)5-3-7(9)4-6-8/h2-6H2,1H3/q-1. The minimum atomic E-state index is -0.182. The summed E-state index contributed by atoms with van der Waals surface area (Å²) in [5.41, 5.74) is 0. The minimum absolute atomic E-state index is 0.182. The number of quaternary nitrogens is 1. The van der Waals surface area contributed by atoms with Gasteiger partial charge < -0.3 is 20.1 Å². The molecule has 4 nitrogen and oxygen atoms in total. The van der Waals surface area contributed by atoms with Crippen molar-refractivity contribution in [2.45, 2.75) is 6.92 Å². The fourth-order valence-electron chi connectivity index (χ4n) is 1.13. The van der Waals surface area contributed by atoms with Crippen molar-refractivity contribution in [1.82, 2.24) is 5.06 Å². The average molecular weight is 145 g/mol. The molecule has 1 rings (SSSR count). The first-order valence-electron chi connectivity index (χ1n) is 3.65. The number of likely N-dealkylation sites (N-methyl/N-ethyl adjacent to an activating group) is 1. The van der Waals surface area contributed by atoms with Crippen LogP contribution in [0.1, 0.15) is 6.92 Å². The molecule has 0 unspecified atom stereocenters.